The summed E-state index contributed by atoms with van der Waals surface area (Å²) in [6, 6.07) is 12.1. The van der Waals surface area contributed by atoms with Gasteiger partial charge in [0.25, 0.3) is 5.91 Å². The Balaban J connectivity index is 1.78. The Labute approximate surface area is 135 Å². The summed E-state index contributed by atoms with van der Waals surface area (Å²) in [6.45, 7) is 0.131. The molecule has 0 radical (unpaired) electrons. The standard InChI is InChI=1S/C15H12BrN3O3/c16-13-5-4-12(22-13)15(21)19-9-14(20)18-8-11-3-1-2-10(6-11)7-17/h1-6H,8-9H2,(H,18,20)(H,19,21). The fourth-order valence-corrected chi connectivity index (χ4v) is 2.00. The second-order valence-electron chi connectivity index (χ2n) is 4.38. The maximum Gasteiger partial charge on any atom is 0.287 e. The third-order valence-electron chi connectivity index (χ3n) is 2.75. The van der Waals surface area contributed by atoms with Crippen molar-refractivity contribution in [3.63, 3.8) is 0 Å². The predicted octanol–water partition coefficient (Wildman–Crippen LogP) is 1.96. The largest absolute Gasteiger partial charge is 0.444 e. The minimum Gasteiger partial charge on any atom is -0.444 e. The third kappa shape index (κ3) is 4.46. The highest BCUT2D eigenvalue weighted by atomic mass is 79.9. The number of nitrogens with one attached hydrogen (secondary N) is 2. The van der Waals surface area contributed by atoms with E-state index >= 15 is 0 Å². The van der Waals surface area contributed by atoms with Gasteiger partial charge in [0.2, 0.25) is 5.91 Å². The molecule has 0 aliphatic carbocycles. The van der Waals surface area contributed by atoms with Gasteiger partial charge in [0.1, 0.15) is 0 Å². The van der Waals surface area contributed by atoms with Gasteiger partial charge in [-0.1, -0.05) is 12.1 Å². The van der Waals surface area contributed by atoms with Crippen molar-refractivity contribution in [1.82, 2.24) is 10.6 Å². The number of rotatable bonds is 5. The minimum atomic E-state index is -0.465. The number of furan rings is 1. The molecule has 1 heterocycles. The molecule has 1 aromatic carbocycles. The van der Waals surface area contributed by atoms with Gasteiger partial charge in [-0.3, -0.25) is 9.59 Å². The van der Waals surface area contributed by atoms with Crippen LogP contribution in [0.4, 0.5) is 0 Å². The number of hydrogen-bond donors (Lipinski definition) is 2. The normalized spacial score (nSPS) is 9.82. The molecule has 2 N–H and O–H groups in total. The van der Waals surface area contributed by atoms with Crippen LogP contribution < -0.4 is 10.6 Å². The zero-order valence-electron chi connectivity index (χ0n) is 11.4. The number of halogens is 1. The van der Waals surface area contributed by atoms with Crippen molar-refractivity contribution in [2.45, 2.75) is 6.54 Å². The van der Waals surface area contributed by atoms with Gasteiger partial charge in [-0.15, -0.1) is 0 Å². The molecule has 0 spiro atoms. The lowest BCUT2D eigenvalue weighted by Gasteiger charge is -2.06. The summed E-state index contributed by atoms with van der Waals surface area (Å²) >= 11 is 3.09. The number of carbonyl (C=O) groups excluding carboxylic acids is 2. The molecule has 0 aliphatic heterocycles. The maximum atomic E-state index is 11.7. The van der Waals surface area contributed by atoms with E-state index in [0.717, 1.165) is 5.56 Å². The Bertz CT molecular complexity index is 734. The molecular weight excluding hydrogens is 350 g/mol. The summed E-state index contributed by atoms with van der Waals surface area (Å²) in [5, 5.41) is 13.9. The van der Waals surface area contributed by atoms with Gasteiger partial charge in [0, 0.05) is 6.54 Å². The van der Waals surface area contributed by atoms with E-state index in [4.69, 9.17) is 9.68 Å². The van der Waals surface area contributed by atoms with Gasteiger partial charge in [-0.2, -0.15) is 5.26 Å². The molecular formula is C15H12BrN3O3. The molecule has 1 aromatic heterocycles. The van der Waals surface area contributed by atoms with Crippen molar-refractivity contribution < 1.29 is 14.0 Å². The molecule has 0 unspecified atom stereocenters. The molecule has 0 saturated carbocycles. The molecule has 2 aromatic rings. The summed E-state index contributed by atoms with van der Waals surface area (Å²) in [5.74, 6) is -0.671. The maximum absolute atomic E-state index is 11.7. The molecule has 22 heavy (non-hydrogen) atoms. The monoisotopic (exact) mass is 361 g/mol. The molecule has 0 fully saturated rings. The summed E-state index contributed by atoms with van der Waals surface area (Å²) in [4.78, 5) is 23.4. The number of hydrogen-bond acceptors (Lipinski definition) is 4. The Hall–Kier alpha value is -2.59. The number of carbonyl (C=O) groups is 2. The lowest BCUT2D eigenvalue weighted by atomic mass is 10.1. The molecule has 0 bridgehead atoms. The summed E-state index contributed by atoms with van der Waals surface area (Å²) in [5.41, 5.74) is 1.34. The van der Waals surface area contributed by atoms with Crippen molar-refractivity contribution in [3.05, 3.63) is 58.0 Å². The molecule has 2 rings (SSSR count). The first kappa shape index (κ1) is 15.8. The van der Waals surface area contributed by atoms with Gasteiger partial charge in [0.05, 0.1) is 18.2 Å². The van der Waals surface area contributed by atoms with E-state index < -0.39 is 5.91 Å². The first-order valence-electron chi connectivity index (χ1n) is 6.38. The minimum absolute atomic E-state index is 0.126. The quantitative estimate of drug-likeness (QED) is 0.850. The van der Waals surface area contributed by atoms with Crippen molar-refractivity contribution >= 4 is 27.7 Å². The SMILES string of the molecule is N#Cc1cccc(CNC(=O)CNC(=O)c2ccc(Br)o2)c1. The summed E-state index contributed by atoms with van der Waals surface area (Å²) in [6.07, 6.45) is 0. The predicted molar refractivity (Wildman–Crippen MR) is 81.7 cm³/mol. The zero-order chi connectivity index (χ0) is 15.9. The number of benzene rings is 1. The molecule has 0 saturated heterocycles. The number of nitrogens with zero attached hydrogens (tertiary/aromatic N) is 1. The van der Waals surface area contributed by atoms with Crippen molar-refractivity contribution in [3.8, 4) is 6.07 Å². The molecule has 112 valence electrons. The fraction of sp³-hybridized carbons (Fsp3) is 0.133. The van der Waals surface area contributed by atoms with Gasteiger partial charge < -0.3 is 15.1 Å². The van der Waals surface area contributed by atoms with Crippen molar-refractivity contribution in [1.29, 1.82) is 5.26 Å². The van der Waals surface area contributed by atoms with E-state index in [1.54, 1.807) is 30.3 Å². The zero-order valence-corrected chi connectivity index (χ0v) is 13.0. The van der Waals surface area contributed by atoms with E-state index in [-0.39, 0.29) is 24.8 Å². The second kappa shape index (κ2) is 7.43. The van der Waals surface area contributed by atoms with Crippen LogP contribution >= 0.6 is 15.9 Å². The summed E-state index contributed by atoms with van der Waals surface area (Å²) < 4.78 is 5.52. The van der Waals surface area contributed by atoms with Crippen molar-refractivity contribution in [2.24, 2.45) is 0 Å². The van der Waals surface area contributed by atoms with Crippen molar-refractivity contribution in [2.75, 3.05) is 6.54 Å². The van der Waals surface area contributed by atoms with Gasteiger partial charge in [-0.25, -0.2) is 0 Å². The highest BCUT2D eigenvalue weighted by Gasteiger charge is 2.11. The van der Waals surface area contributed by atoms with Gasteiger partial charge in [0.15, 0.2) is 10.4 Å². The van der Waals surface area contributed by atoms with E-state index in [1.165, 1.54) is 6.07 Å². The molecule has 2 amide bonds. The first-order chi connectivity index (χ1) is 10.6. The first-order valence-corrected chi connectivity index (χ1v) is 7.17. The van der Waals surface area contributed by atoms with Gasteiger partial charge in [-0.05, 0) is 45.8 Å². The molecule has 6 nitrogen and oxygen atoms in total. The topological polar surface area (TPSA) is 95.1 Å². The third-order valence-corrected chi connectivity index (χ3v) is 3.18. The summed E-state index contributed by atoms with van der Waals surface area (Å²) in [7, 11) is 0. The lowest BCUT2D eigenvalue weighted by Crippen LogP contribution is -2.36. The van der Waals surface area contributed by atoms with E-state index in [2.05, 4.69) is 26.6 Å². The fourth-order valence-electron chi connectivity index (χ4n) is 1.70. The van der Waals surface area contributed by atoms with E-state index in [0.29, 0.717) is 10.2 Å². The highest BCUT2D eigenvalue weighted by Crippen LogP contribution is 2.13. The Morgan fingerprint density at radius 2 is 2.05 bits per heavy atom. The molecule has 0 aliphatic rings. The van der Waals surface area contributed by atoms with Crippen LogP contribution in [0.2, 0.25) is 0 Å². The molecule has 7 heteroatoms. The Morgan fingerprint density at radius 3 is 2.73 bits per heavy atom. The second-order valence-corrected chi connectivity index (χ2v) is 5.16. The van der Waals surface area contributed by atoms with Crippen LogP contribution in [-0.2, 0) is 11.3 Å². The van der Waals surface area contributed by atoms with E-state index in [9.17, 15) is 9.59 Å². The van der Waals surface area contributed by atoms with E-state index in [1.807, 2.05) is 6.07 Å². The lowest BCUT2D eigenvalue weighted by molar-refractivity contribution is -0.120. The Morgan fingerprint density at radius 1 is 1.23 bits per heavy atom. The number of amides is 2. The number of nitriles is 1. The highest BCUT2D eigenvalue weighted by molar-refractivity contribution is 9.10. The van der Waals surface area contributed by atoms with Gasteiger partial charge >= 0.3 is 0 Å². The molecule has 0 atom stereocenters. The smallest absolute Gasteiger partial charge is 0.287 e. The van der Waals surface area contributed by atoms with Crippen LogP contribution in [0.1, 0.15) is 21.7 Å². The van der Waals surface area contributed by atoms with Crippen LogP contribution in [-0.4, -0.2) is 18.4 Å². The Kier molecular flexibility index (Phi) is 5.33. The average molecular weight is 362 g/mol. The average Bonchev–Trinajstić information content (AvgIpc) is 2.97. The van der Waals surface area contributed by atoms with Crippen LogP contribution in [0, 0.1) is 11.3 Å². The van der Waals surface area contributed by atoms with Crippen LogP contribution in [0.15, 0.2) is 45.5 Å². The van der Waals surface area contributed by atoms with Crippen LogP contribution in [0.5, 0.6) is 0 Å². The van der Waals surface area contributed by atoms with Crippen LogP contribution in [0.3, 0.4) is 0 Å². The van der Waals surface area contributed by atoms with Crippen LogP contribution in [0.25, 0.3) is 0 Å².